The average molecular weight is 347 g/mol. The fourth-order valence-electron chi connectivity index (χ4n) is 3.07. The summed E-state index contributed by atoms with van der Waals surface area (Å²) in [7, 11) is 0. The number of benzene rings is 2. The van der Waals surface area contributed by atoms with Crippen molar-refractivity contribution in [3.63, 3.8) is 0 Å². The van der Waals surface area contributed by atoms with E-state index in [1.807, 2.05) is 60.7 Å². The molecule has 0 spiro atoms. The predicted molar refractivity (Wildman–Crippen MR) is 99.7 cm³/mol. The van der Waals surface area contributed by atoms with E-state index >= 15 is 0 Å². The first-order chi connectivity index (χ1) is 12.6. The largest absolute Gasteiger partial charge is 0.387 e. The van der Waals surface area contributed by atoms with Crippen LogP contribution in [0, 0.1) is 0 Å². The Bertz CT molecular complexity index is 797. The van der Waals surface area contributed by atoms with Crippen LogP contribution < -0.4 is 5.32 Å². The maximum Gasteiger partial charge on any atom is 0.271 e. The number of carbonyl (C=O) groups is 1. The molecule has 0 aliphatic rings. The lowest BCUT2D eigenvalue weighted by Crippen LogP contribution is -2.45. The summed E-state index contributed by atoms with van der Waals surface area (Å²) in [6, 6.07) is 19.6. The highest BCUT2D eigenvalue weighted by atomic mass is 16.3. The number of rotatable bonds is 6. The van der Waals surface area contributed by atoms with Gasteiger partial charge in [-0.25, -0.2) is 4.98 Å². The van der Waals surface area contributed by atoms with Crippen LogP contribution in [0.15, 0.2) is 79.3 Å². The number of hydrogen-bond acceptors (Lipinski definition) is 4. The minimum absolute atomic E-state index is 0.0802. The van der Waals surface area contributed by atoms with Crippen LogP contribution in [0.5, 0.6) is 0 Å². The summed E-state index contributed by atoms with van der Waals surface area (Å²) in [6.45, 7) is 1.81. The molecule has 1 aromatic heterocycles. The van der Waals surface area contributed by atoms with Crippen molar-refractivity contribution in [1.82, 2.24) is 15.3 Å². The van der Waals surface area contributed by atoms with E-state index in [-0.39, 0.29) is 24.1 Å². The number of carbonyl (C=O) groups excluding carboxylic acids is 1. The molecule has 0 fully saturated rings. The van der Waals surface area contributed by atoms with Gasteiger partial charge in [-0.05, 0) is 18.1 Å². The number of amides is 1. The van der Waals surface area contributed by atoms with E-state index in [1.54, 1.807) is 6.92 Å². The molecule has 2 N–H and O–H groups in total. The fourth-order valence-corrected chi connectivity index (χ4v) is 3.07. The van der Waals surface area contributed by atoms with Crippen LogP contribution in [0.4, 0.5) is 0 Å². The summed E-state index contributed by atoms with van der Waals surface area (Å²) in [5.74, 6) is -0.648. The van der Waals surface area contributed by atoms with E-state index in [0.29, 0.717) is 0 Å². The Kier molecular flexibility index (Phi) is 5.39. The lowest BCUT2D eigenvalue weighted by molar-refractivity contribution is 0.0405. The van der Waals surface area contributed by atoms with Crippen molar-refractivity contribution in [2.24, 2.45) is 0 Å². The molecule has 3 aromatic rings. The molecular formula is C21H21N3O2. The van der Waals surface area contributed by atoms with Crippen molar-refractivity contribution in [3.8, 4) is 0 Å². The number of nitrogens with zero attached hydrogens (tertiary/aromatic N) is 2. The summed E-state index contributed by atoms with van der Waals surface area (Å²) in [5.41, 5.74) is 0.995. The Morgan fingerprint density at radius 1 is 1.04 bits per heavy atom. The molecule has 26 heavy (non-hydrogen) atoms. The van der Waals surface area contributed by atoms with Crippen LogP contribution in [-0.4, -0.2) is 33.1 Å². The highest BCUT2D eigenvalue weighted by molar-refractivity contribution is 5.91. The van der Waals surface area contributed by atoms with Crippen LogP contribution in [-0.2, 0) is 0 Å². The highest BCUT2D eigenvalue weighted by Crippen LogP contribution is 2.34. The smallest absolute Gasteiger partial charge is 0.271 e. The zero-order chi connectivity index (χ0) is 18.4. The molecule has 0 bridgehead atoms. The van der Waals surface area contributed by atoms with Gasteiger partial charge in [-0.1, -0.05) is 60.7 Å². The molecular weight excluding hydrogens is 326 g/mol. The van der Waals surface area contributed by atoms with Crippen molar-refractivity contribution in [2.75, 3.05) is 6.54 Å². The Hall–Kier alpha value is -3.05. The van der Waals surface area contributed by atoms with Crippen LogP contribution in [0.1, 0.15) is 34.5 Å². The third-order valence-electron chi connectivity index (χ3n) is 4.29. The summed E-state index contributed by atoms with van der Waals surface area (Å²) in [4.78, 5) is 20.1. The van der Waals surface area contributed by atoms with Gasteiger partial charge in [0.2, 0.25) is 0 Å². The lowest BCUT2D eigenvalue weighted by atomic mass is 9.78. The molecule has 132 valence electrons. The summed E-state index contributed by atoms with van der Waals surface area (Å²) in [5, 5.41) is 14.0. The van der Waals surface area contributed by atoms with Crippen molar-refractivity contribution in [1.29, 1.82) is 0 Å². The quantitative estimate of drug-likeness (QED) is 0.719. The van der Waals surface area contributed by atoms with Crippen LogP contribution in [0.3, 0.4) is 0 Å². The molecule has 0 saturated heterocycles. The lowest BCUT2D eigenvalue weighted by Gasteiger charge is -2.34. The SMILES string of the molecule is C[C@@](O)(CNC(=O)c1cnccn1)C(c1ccccc1)c1ccccc1. The van der Waals surface area contributed by atoms with E-state index in [0.717, 1.165) is 11.1 Å². The monoisotopic (exact) mass is 347 g/mol. The van der Waals surface area contributed by atoms with Gasteiger partial charge >= 0.3 is 0 Å². The van der Waals surface area contributed by atoms with Crippen molar-refractivity contribution in [3.05, 3.63) is 96.1 Å². The number of nitrogens with one attached hydrogen (secondary N) is 1. The van der Waals surface area contributed by atoms with Gasteiger partial charge in [-0.3, -0.25) is 9.78 Å². The standard InChI is InChI=1S/C21H21N3O2/c1-21(26,15-24-20(25)18-14-22-12-13-23-18)19(16-8-4-2-5-9-16)17-10-6-3-7-11-17/h2-14,19,26H,15H2,1H3,(H,24,25)/t21-/m1/s1. The fraction of sp³-hybridized carbons (Fsp3) is 0.190. The normalized spacial score (nSPS) is 13.2. The van der Waals surface area contributed by atoms with Gasteiger partial charge in [0.05, 0.1) is 11.8 Å². The van der Waals surface area contributed by atoms with Gasteiger partial charge in [-0.15, -0.1) is 0 Å². The summed E-state index contributed by atoms with van der Waals surface area (Å²) in [6.07, 6.45) is 4.37. The maximum atomic E-state index is 12.3. The van der Waals surface area contributed by atoms with E-state index in [2.05, 4.69) is 15.3 Å². The maximum absolute atomic E-state index is 12.3. The first kappa shape index (κ1) is 17.8. The second kappa shape index (κ2) is 7.89. The molecule has 1 atom stereocenters. The number of aromatic nitrogens is 2. The van der Waals surface area contributed by atoms with Gasteiger partial charge in [0.1, 0.15) is 5.69 Å². The Morgan fingerprint density at radius 3 is 2.12 bits per heavy atom. The molecule has 0 radical (unpaired) electrons. The first-order valence-corrected chi connectivity index (χ1v) is 8.44. The topological polar surface area (TPSA) is 75.1 Å². The number of hydrogen-bond donors (Lipinski definition) is 2. The molecule has 1 amide bonds. The molecule has 0 saturated carbocycles. The molecule has 0 unspecified atom stereocenters. The molecule has 5 heteroatoms. The summed E-state index contributed by atoms with van der Waals surface area (Å²) >= 11 is 0. The minimum atomic E-state index is -1.19. The molecule has 1 heterocycles. The zero-order valence-corrected chi connectivity index (χ0v) is 14.5. The van der Waals surface area contributed by atoms with Crippen LogP contribution in [0.25, 0.3) is 0 Å². The molecule has 0 aliphatic heterocycles. The van der Waals surface area contributed by atoms with Crippen LogP contribution >= 0.6 is 0 Å². The molecule has 2 aromatic carbocycles. The van der Waals surface area contributed by atoms with Gasteiger partial charge in [0.15, 0.2) is 0 Å². The van der Waals surface area contributed by atoms with E-state index < -0.39 is 5.60 Å². The number of aliphatic hydroxyl groups is 1. The van der Waals surface area contributed by atoms with Gasteiger partial charge in [0, 0.05) is 24.9 Å². The van der Waals surface area contributed by atoms with E-state index in [1.165, 1.54) is 18.6 Å². The Morgan fingerprint density at radius 2 is 1.62 bits per heavy atom. The van der Waals surface area contributed by atoms with Crippen molar-refractivity contribution < 1.29 is 9.90 Å². The van der Waals surface area contributed by atoms with Gasteiger partial charge in [0.25, 0.3) is 5.91 Å². The van der Waals surface area contributed by atoms with Crippen LogP contribution in [0.2, 0.25) is 0 Å². The van der Waals surface area contributed by atoms with Gasteiger partial charge < -0.3 is 10.4 Å². The van der Waals surface area contributed by atoms with Crippen molar-refractivity contribution >= 4 is 5.91 Å². The Balaban J connectivity index is 1.84. The zero-order valence-electron chi connectivity index (χ0n) is 14.5. The van der Waals surface area contributed by atoms with E-state index in [9.17, 15) is 9.90 Å². The van der Waals surface area contributed by atoms with E-state index in [4.69, 9.17) is 0 Å². The van der Waals surface area contributed by atoms with Gasteiger partial charge in [-0.2, -0.15) is 0 Å². The molecule has 5 nitrogen and oxygen atoms in total. The predicted octanol–water partition coefficient (Wildman–Crippen LogP) is 2.79. The first-order valence-electron chi connectivity index (χ1n) is 8.44. The molecule has 0 aliphatic carbocycles. The second-order valence-electron chi connectivity index (χ2n) is 6.38. The Labute approximate surface area is 152 Å². The highest BCUT2D eigenvalue weighted by Gasteiger charge is 2.34. The second-order valence-corrected chi connectivity index (χ2v) is 6.38. The molecule has 3 rings (SSSR count). The third kappa shape index (κ3) is 4.13. The third-order valence-corrected chi connectivity index (χ3v) is 4.29. The summed E-state index contributed by atoms with van der Waals surface area (Å²) < 4.78 is 0. The average Bonchev–Trinajstić information content (AvgIpc) is 2.68. The van der Waals surface area contributed by atoms with Crippen molar-refractivity contribution in [2.45, 2.75) is 18.4 Å². The minimum Gasteiger partial charge on any atom is -0.387 e.